The van der Waals surface area contributed by atoms with Gasteiger partial charge in [0.1, 0.15) is 12.1 Å². The van der Waals surface area contributed by atoms with Crippen molar-refractivity contribution in [3.05, 3.63) is 0 Å². The van der Waals surface area contributed by atoms with E-state index in [0.29, 0.717) is 13.2 Å². The third-order valence-corrected chi connectivity index (χ3v) is 3.62. The summed E-state index contributed by atoms with van der Waals surface area (Å²) in [6.45, 7) is 7.15. The van der Waals surface area contributed by atoms with E-state index in [1.165, 1.54) is 0 Å². The minimum Gasteiger partial charge on any atom is -0.465 e. The molecular weight excluding hydrogens is 258 g/mol. The predicted molar refractivity (Wildman–Crippen MR) is 76.3 cm³/mol. The minimum atomic E-state index is -0.324. The Kier molecular flexibility index (Phi) is 7.59. The van der Waals surface area contributed by atoms with E-state index in [9.17, 15) is 9.59 Å². The zero-order chi connectivity index (χ0) is 15.0. The summed E-state index contributed by atoms with van der Waals surface area (Å²) in [5, 5.41) is 0. The van der Waals surface area contributed by atoms with Gasteiger partial charge in [-0.25, -0.2) is 0 Å². The highest BCUT2D eigenvalue weighted by atomic mass is 16.5. The van der Waals surface area contributed by atoms with Crippen LogP contribution in [0.15, 0.2) is 0 Å². The molecule has 0 aromatic rings. The molecule has 116 valence electrons. The SMILES string of the molecule is CCCC(C(=O)OCC)N1CCCCC1C(=O)OCC. The van der Waals surface area contributed by atoms with Crippen molar-refractivity contribution in [2.45, 2.75) is 65.0 Å². The Morgan fingerprint density at radius 3 is 2.45 bits per heavy atom. The first-order valence-electron chi connectivity index (χ1n) is 7.74. The molecule has 0 amide bonds. The normalized spacial score (nSPS) is 21.2. The molecule has 1 fully saturated rings. The maximum Gasteiger partial charge on any atom is 0.323 e. The van der Waals surface area contributed by atoms with Crippen molar-refractivity contribution in [3.8, 4) is 0 Å². The fourth-order valence-corrected chi connectivity index (χ4v) is 2.75. The van der Waals surface area contributed by atoms with Gasteiger partial charge in [-0.1, -0.05) is 19.8 Å². The fourth-order valence-electron chi connectivity index (χ4n) is 2.75. The van der Waals surface area contributed by atoms with Crippen LogP contribution in [0, 0.1) is 0 Å². The number of ether oxygens (including phenoxy) is 2. The zero-order valence-corrected chi connectivity index (χ0v) is 12.9. The van der Waals surface area contributed by atoms with E-state index in [-0.39, 0.29) is 24.0 Å². The van der Waals surface area contributed by atoms with Crippen LogP contribution >= 0.6 is 0 Å². The van der Waals surface area contributed by atoms with Crippen molar-refractivity contribution in [2.24, 2.45) is 0 Å². The first kappa shape index (κ1) is 17.0. The van der Waals surface area contributed by atoms with Gasteiger partial charge in [-0.05, 0) is 39.7 Å². The van der Waals surface area contributed by atoms with Crippen molar-refractivity contribution in [2.75, 3.05) is 19.8 Å². The van der Waals surface area contributed by atoms with Gasteiger partial charge >= 0.3 is 11.9 Å². The summed E-state index contributed by atoms with van der Waals surface area (Å²) in [4.78, 5) is 26.2. The van der Waals surface area contributed by atoms with E-state index in [4.69, 9.17) is 9.47 Å². The first-order chi connectivity index (χ1) is 9.65. The van der Waals surface area contributed by atoms with Gasteiger partial charge in [0.2, 0.25) is 0 Å². The van der Waals surface area contributed by atoms with E-state index in [1.54, 1.807) is 13.8 Å². The number of esters is 2. The van der Waals surface area contributed by atoms with Crippen molar-refractivity contribution in [1.82, 2.24) is 4.90 Å². The Morgan fingerprint density at radius 2 is 1.85 bits per heavy atom. The molecule has 0 aromatic heterocycles. The molecule has 0 spiro atoms. The molecule has 2 atom stereocenters. The number of rotatable bonds is 7. The van der Waals surface area contributed by atoms with Crippen LogP contribution < -0.4 is 0 Å². The lowest BCUT2D eigenvalue weighted by Crippen LogP contribution is -2.53. The largest absolute Gasteiger partial charge is 0.465 e. The van der Waals surface area contributed by atoms with Crippen molar-refractivity contribution in [3.63, 3.8) is 0 Å². The molecule has 1 aliphatic heterocycles. The monoisotopic (exact) mass is 285 g/mol. The zero-order valence-electron chi connectivity index (χ0n) is 12.9. The molecule has 0 N–H and O–H groups in total. The number of carbonyl (C=O) groups excluding carboxylic acids is 2. The average Bonchev–Trinajstić information content (AvgIpc) is 2.45. The van der Waals surface area contributed by atoms with Crippen molar-refractivity contribution in [1.29, 1.82) is 0 Å². The van der Waals surface area contributed by atoms with E-state index in [0.717, 1.165) is 38.6 Å². The maximum atomic E-state index is 12.1. The summed E-state index contributed by atoms with van der Waals surface area (Å²) in [5.41, 5.74) is 0. The van der Waals surface area contributed by atoms with Gasteiger partial charge in [0, 0.05) is 0 Å². The molecule has 0 saturated carbocycles. The van der Waals surface area contributed by atoms with Crippen LogP contribution in [0.1, 0.15) is 52.9 Å². The first-order valence-corrected chi connectivity index (χ1v) is 7.74. The Morgan fingerprint density at radius 1 is 1.15 bits per heavy atom. The number of carbonyl (C=O) groups is 2. The molecule has 20 heavy (non-hydrogen) atoms. The molecule has 5 nitrogen and oxygen atoms in total. The smallest absolute Gasteiger partial charge is 0.323 e. The van der Waals surface area contributed by atoms with Crippen LogP contribution in [0.4, 0.5) is 0 Å². The van der Waals surface area contributed by atoms with E-state index < -0.39 is 0 Å². The standard InChI is InChI=1S/C15H27NO4/c1-4-9-12(14(17)19-5-2)16-11-8-7-10-13(16)15(18)20-6-3/h12-13H,4-11H2,1-3H3. The molecule has 0 aromatic carbocycles. The van der Waals surface area contributed by atoms with E-state index in [1.807, 2.05) is 11.8 Å². The second-order valence-electron chi connectivity index (χ2n) is 5.06. The summed E-state index contributed by atoms with van der Waals surface area (Å²) in [7, 11) is 0. The van der Waals surface area contributed by atoms with E-state index in [2.05, 4.69) is 0 Å². The van der Waals surface area contributed by atoms with Crippen LogP contribution in [0.2, 0.25) is 0 Å². The topological polar surface area (TPSA) is 55.8 Å². The molecule has 1 heterocycles. The Bertz CT molecular complexity index is 319. The van der Waals surface area contributed by atoms with Crippen molar-refractivity contribution >= 4 is 11.9 Å². The molecule has 0 bridgehead atoms. The van der Waals surface area contributed by atoms with Gasteiger partial charge in [-0.3, -0.25) is 14.5 Å². The minimum absolute atomic E-state index is 0.211. The number of nitrogens with zero attached hydrogens (tertiary/aromatic N) is 1. The maximum absolute atomic E-state index is 12.1. The van der Waals surface area contributed by atoms with Gasteiger partial charge in [0.25, 0.3) is 0 Å². The number of likely N-dealkylation sites (tertiary alicyclic amines) is 1. The van der Waals surface area contributed by atoms with Crippen molar-refractivity contribution < 1.29 is 19.1 Å². The molecule has 0 radical (unpaired) electrons. The molecular formula is C15H27NO4. The molecule has 1 saturated heterocycles. The Labute approximate surface area is 121 Å². The number of hydrogen-bond donors (Lipinski definition) is 0. The third kappa shape index (κ3) is 4.47. The van der Waals surface area contributed by atoms with Crippen LogP contribution in [0.25, 0.3) is 0 Å². The summed E-state index contributed by atoms with van der Waals surface area (Å²) in [5.74, 6) is -0.428. The second-order valence-corrected chi connectivity index (χ2v) is 5.06. The highest BCUT2D eigenvalue weighted by molar-refractivity contribution is 5.79. The highest BCUT2D eigenvalue weighted by Gasteiger charge is 2.37. The molecule has 0 aliphatic carbocycles. The summed E-state index contributed by atoms with van der Waals surface area (Å²) < 4.78 is 10.3. The molecule has 1 rings (SSSR count). The van der Waals surface area contributed by atoms with Crippen LogP contribution in [-0.2, 0) is 19.1 Å². The quantitative estimate of drug-likeness (QED) is 0.671. The van der Waals surface area contributed by atoms with Crippen LogP contribution in [0.3, 0.4) is 0 Å². The van der Waals surface area contributed by atoms with Gasteiger partial charge < -0.3 is 9.47 Å². The molecule has 2 unspecified atom stereocenters. The van der Waals surface area contributed by atoms with Crippen LogP contribution in [-0.4, -0.2) is 48.7 Å². The van der Waals surface area contributed by atoms with E-state index >= 15 is 0 Å². The van der Waals surface area contributed by atoms with Gasteiger partial charge in [0.15, 0.2) is 0 Å². The summed E-state index contributed by atoms with van der Waals surface area (Å²) >= 11 is 0. The van der Waals surface area contributed by atoms with Crippen LogP contribution in [0.5, 0.6) is 0 Å². The highest BCUT2D eigenvalue weighted by Crippen LogP contribution is 2.23. The van der Waals surface area contributed by atoms with Gasteiger partial charge in [-0.15, -0.1) is 0 Å². The lowest BCUT2D eigenvalue weighted by Gasteiger charge is -2.38. The lowest BCUT2D eigenvalue weighted by atomic mass is 9.98. The molecule has 5 heteroatoms. The second kappa shape index (κ2) is 8.95. The predicted octanol–water partition coefficient (Wildman–Crippen LogP) is 2.14. The third-order valence-electron chi connectivity index (χ3n) is 3.62. The molecule has 1 aliphatic rings. The summed E-state index contributed by atoms with van der Waals surface area (Å²) in [6, 6.07) is -0.626. The Hall–Kier alpha value is -1.10. The Balaban J connectivity index is 2.83. The lowest BCUT2D eigenvalue weighted by molar-refractivity contribution is -0.159. The van der Waals surface area contributed by atoms with Gasteiger partial charge in [0.05, 0.1) is 13.2 Å². The van der Waals surface area contributed by atoms with Gasteiger partial charge in [-0.2, -0.15) is 0 Å². The average molecular weight is 285 g/mol. The fraction of sp³-hybridized carbons (Fsp3) is 0.867. The number of hydrogen-bond acceptors (Lipinski definition) is 5. The number of piperidine rings is 1. The summed E-state index contributed by atoms with van der Waals surface area (Å²) in [6.07, 6.45) is 4.37.